The van der Waals surface area contributed by atoms with E-state index in [2.05, 4.69) is 29.6 Å². The third kappa shape index (κ3) is 2.76. The second-order valence-electron chi connectivity index (χ2n) is 6.12. The summed E-state index contributed by atoms with van der Waals surface area (Å²) in [5, 5.41) is 2.96. The highest BCUT2D eigenvalue weighted by molar-refractivity contribution is 5.99. The summed E-state index contributed by atoms with van der Waals surface area (Å²) in [5.74, 6) is -0.285. The van der Waals surface area contributed by atoms with Crippen molar-refractivity contribution in [1.29, 1.82) is 0 Å². The smallest absolute Gasteiger partial charge is 0.235 e. The first-order valence-electron chi connectivity index (χ1n) is 7.74. The van der Waals surface area contributed by atoms with E-state index < -0.39 is 5.41 Å². The van der Waals surface area contributed by atoms with Crippen LogP contribution in [-0.2, 0) is 10.2 Å². The van der Waals surface area contributed by atoms with E-state index in [0.29, 0.717) is 5.69 Å². The number of nitrogens with one attached hydrogen (secondary N) is 1. The van der Waals surface area contributed by atoms with Crippen molar-refractivity contribution in [1.82, 2.24) is 0 Å². The lowest BCUT2D eigenvalue weighted by Crippen LogP contribution is -2.38. The first-order chi connectivity index (χ1) is 10.6. The Morgan fingerprint density at radius 2 is 1.59 bits per heavy atom. The fraction of sp³-hybridized carbons (Fsp3) is 0.316. The zero-order chi connectivity index (χ0) is 15.6. The van der Waals surface area contributed by atoms with Gasteiger partial charge in [-0.3, -0.25) is 4.79 Å². The van der Waals surface area contributed by atoms with Gasteiger partial charge < -0.3 is 5.32 Å². The van der Waals surface area contributed by atoms with Crippen LogP contribution in [0.25, 0.3) is 0 Å². The molecule has 0 atom stereocenters. The zero-order valence-electron chi connectivity index (χ0n) is 12.7. The first-order valence-corrected chi connectivity index (χ1v) is 7.74. The summed E-state index contributed by atoms with van der Waals surface area (Å²) >= 11 is 0. The number of halogens is 1. The summed E-state index contributed by atoms with van der Waals surface area (Å²) < 4.78 is 13.0. The highest BCUT2D eigenvalue weighted by Crippen LogP contribution is 2.42. The van der Waals surface area contributed by atoms with Gasteiger partial charge in [-0.2, -0.15) is 0 Å². The molecule has 0 aliphatic heterocycles. The minimum atomic E-state index is -0.456. The summed E-state index contributed by atoms with van der Waals surface area (Å²) in [6, 6.07) is 14.2. The Kier molecular flexibility index (Phi) is 3.97. The molecule has 3 rings (SSSR count). The number of rotatable bonds is 3. The van der Waals surface area contributed by atoms with Gasteiger partial charge in [-0.15, -0.1) is 0 Å². The van der Waals surface area contributed by atoms with Gasteiger partial charge in [0.15, 0.2) is 0 Å². The summed E-state index contributed by atoms with van der Waals surface area (Å²) in [4.78, 5) is 12.9. The number of carbonyl (C=O) groups excluding carboxylic acids is 1. The zero-order valence-corrected chi connectivity index (χ0v) is 12.7. The van der Waals surface area contributed by atoms with Gasteiger partial charge in [-0.05, 0) is 49.6 Å². The van der Waals surface area contributed by atoms with E-state index in [-0.39, 0.29) is 11.7 Å². The quantitative estimate of drug-likeness (QED) is 0.882. The van der Waals surface area contributed by atoms with E-state index in [0.717, 1.165) is 31.2 Å². The molecule has 1 saturated carbocycles. The van der Waals surface area contributed by atoms with Crippen molar-refractivity contribution in [2.45, 2.75) is 38.0 Å². The number of aryl methyl sites for hydroxylation is 1. The maximum Gasteiger partial charge on any atom is 0.235 e. The molecule has 114 valence electrons. The average molecular weight is 297 g/mol. The van der Waals surface area contributed by atoms with Crippen LogP contribution in [0.15, 0.2) is 48.5 Å². The molecule has 0 radical (unpaired) electrons. The van der Waals surface area contributed by atoms with Crippen molar-refractivity contribution in [2.75, 3.05) is 5.32 Å². The molecule has 0 saturated heterocycles. The highest BCUT2D eigenvalue weighted by atomic mass is 19.1. The number of hydrogen-bond donors (Lipinski definition) is 1. The second-order valence-corrected chi connectivity index (χ2v) is 6.12. The van der Waals surface area contributed by atoms with Crippen LogP contribution in [0.1, 0.15) is 36.8 Å². The Bertz CT molecular complexity index is 655. The molecule has 0 bridgehead atoms. The third-order valence-corrected chi connectivity index (χ3v) is 4.60. The molecular weight excluding hydrogens is 277 g/mol. The Hall–Kier alpha value is -2.16. The van der Waals surface area contributed by atoms with Crippen LogP contribution in [0.5, 0.6) is 0 Å². The lowest BCUT2D eigenvalue weighted by Gasteiger charge is -2.28. The highest BCUT2D eigenvalue weighted by Gasteiger charge is 2.42. The summed E-state index contributed by atoms with van der Waals surface area (Å²) in [6.45, 7) is 2.05. The van der Waals surface area contributed by atoms with E-state index in [1.807, 2.05) is 6.92 Å². The van der Waals surface area contributed by atoms with Crippen LogP contribution in [0.3, 0.4) is 0 Å². The molecule has 0 aromatic heterocycles. The standard InChI is InChI=1S/C19H20FNO/c1-14-4-6-15(7-5-14)19(12-2-3-13-19)18(22)21-17-10-8-16(20)9-11-17/h4-11H,2-3,12-13H2,1H3,(H,21,22). The Morgan fingerprint density at radius 1 is 1.00 bits per heavy atom. The van der Waals surface area contributed by atoms with Gasteiger partial charge in [0.1, 0.15) is 5.82 Å². The third-order valence-electron chi connectivity index (χ3n) is 4.60. The first kappa shape index (κ1) is 14.8. The number of carbonyl (C=O) groups is 1. The van der Waals surface area contributed by atoms with Crippen molar-refractivity contribution in [3.05, 3.63) is 65.5 Å². The molecule has 1 aliphatic carbocycles. The molecule has 1 fully saturated rings. The van der Waals surface area contributed by atoms with Crippen molar-refractivity contribution >= 4 is 11.6 Å². The molecule has 2 nitrogen and oxygen atoms in total. The Balaban J connectivity index is 1.88. The Morgan fingerprint density at radius 3 is 2.18 bits per heavy atom. The normalized spacial score (nSPS) is 16.5. The van der Waals surface area contributed by atoms with Gasteiger partial charge in [0.05, 0.1) is 5.41 Å². The number of amides is 1. The van der Waals surface area contributed by atoms with Gasteiger partial charge in [-0.25, -0.2) is 4.39 Å². The van der Waals surface area contributed by atoms with E-state index in [9.17, 15) is 9.18 Å². The summed E-state index contributed by atoms with van der Waals surface area (Å²) in [5.41, 5.74) is 2.46. The number of benzene rings is 2. The minimum Gasteiger partial charge on any atom is -0.325 e. The van der Waals surface area contributed by atoms with Crippen molar-refractivity contribution in [3.8, 4) is 0 Å². The molecule has 1 N–H and O–H groups in total. The van der Waals surface area contributed by atoms with Gasteiger partial charge >= 0.3 is 0 Å². The van der Waals surface area contributed by atoms with E-state index in [1.165, 1.54) is 17.7 Å². The van der Waals surface area contributed by atoms with Gasteiger partial charge in [0.2, 0.25) is 5.91 Å². The molecular formula is C19H20FNO. The predicted octanol–water partition coefficient (Wildman–Crippen LogP) is 4.58. The molecule has 0 unspecified atom stereocenters. The van der Waals surface area contributed by atoms with Gasteiger partial charge in [0, 0.05) is 5.69 Å². The molecule has 3 heteroatoms. The van der Waals surface area contributed by atoms with Crippen LogP contribution in [0, 0.1) is 12.7 Å². The lowest BCUT2D eigenvalue weighted by molar-refractivity contribution is -0.121. The average Bonchev–Trinajstić information content (AvgIpc) is 3.01. The maximum absolute atomic E-state index is 13.0. The van der Waals surface area contributed by atoms with Crippen LogP contribution >= 0.6 is 0 Å². The predicted molar refractivity (Wildman–Crippen MR) is 86.4 cm³/mol. The second kappa shape index (κ2) is 5.91. The summed E-state index contributed by atoms with van der Waals surface area (Å²) in [7, 11) is 0. The Labute approximate surface area is 130 Å². The molecule has 2 aromatic carbocycles. The number of hydrogen-bond acceptors (Lipinski definition) is 1. The van der Waals surface area contributed by atoms with E-state index >= 15 is 0 Å². The molecule has 0 spiro atoms. The number of anilines is 1. The van der Waals surface area contributed by atoms with Crippen LogP contribution in [0.2, 0.25) is 0 Å². The van der Waals surface area contributed by atoms with Crippen LogP contribution in [-0.4, -0.2) is 5.91 Å². The largest absolute Gasteiger partial charge is 0.325 e. The van der Waals surface area contributed by atoms with Crippen LogP contribution in [0.4, 0.5) is 10.1 Å². The van der Waals surface area contributed by atoms with E-state index in [1.54, 1.807) is 12.1 Å². The molecule has 2 aromatic rings. The van der Waals surface area contributed by atoms with Gasteiger partial charge in [0.25, 0.3) is 0 Å². The fourth-order valence-corrected chi connectivity index (χ4v) is 3.28. The maximum atomic E-state index is 13.0. The molecule has 1 aliphatic rings. The SMILES string of the molecule is Cc1ccc(C2(C(=O)Nc3ccc(F)cc3)CCCC2)cc1. The topological polar surface area (TPSA) is 29.1 Å². The van der Waals surface area contributed by atoms with Crippen molar-refractivity contribution in [3.63, 3.8) is 0 Å². The van der Waals surface area contributed by atoms with Crippen LogP contribution < -0.4 is 5.32 Å². The minimum absolute atomic E-state index is 0.0143. The van der Waals surface area contributed by atoms with E-state index in [4.69, 9.17) is 0 Å². The molecule has 1 amide bonds. The molecule has 0 heterocycles. The lowest BCUT2D eigenvalue weighted by atomic mass is 9.77. The van der Waals surface area contributed by atoms with Gasteiger partial charge in [-0.1, -0.05) is 42.7 Å². The van der Waals surface area contributed by atoms with Crippen molar-refractivity contribution in [2.24, 2.45) is 0 Å². The monoisotopic (exact) mass is 297 g/mol. The van der Waals surface area contributed by atoms with Crippen molar-refractivity contribution < 1.29 is 9.18 Å². The fourth-order valence-electron chi connectivity index (χ4n) is 3.28. The summed E-state index contributed by atoms with van der Waals surface area (Å²) in [6.07, 6.45) is 3.85. The molecule has 22 heavy (non-hydrogen) atoms.